The lowest BCUT2D eigenvalue weighted by atomic mass is 9.98. The molecule has 0 spiro atoms. The molecule has 26 heavy (non-hydrogen) atoms. The number of nitrogens with one attached hydrogen (secondary N) is 2. The number of nitrogens with zero attached hydrogens (tertiary/aromatic N) is 3. The summed E-state index contributed by atoms with van der Waals surface area (Å²) in [6.07, 6.45) is 3.13. The molecule has 0 saturated carbocycles. The summed E-state index contributed by atoms with van der Waals surface area (Å²) in [6, 6.07) is 0.105. The van der Waals surface area contributed by atoms with Gasteiger partial charge in [-0.3, -0.25) is 4.99 Å². The Morgan fingerprint density at radius 1 is 1.23 bits per heavy atom. The van der Waals surface area contributed by atoms with E-state index in [9.17, 15) is 4.79 Å². The van der Waals surface area contributed by atoms with Crippen LogP contribution in [-0.2, 0) is 4.74 Å². The number of piperidine rings is 1. The minimum Gasteiger partial charge on any atom is -0.444 e. The summed E-state index contributed by atoms with van der Waals surface area (Å²) in [5.74, 6) is 1.62. The number of amides is 1. The maximum atomic E-state index is 11.9. The molecule has 2 fully saturated rings. The first kappa shape index (κ1) is 20.8. The molecule has 0 aromatic carbocycles. The largest absolute Gasteiger partial charge is 0.444 e. The molecule has 2 heterocycles. The van der Waals surface area contributed by atoms with Gasteiger partial charge >= 0.3 is 6.09 Å². The molecule has 2 atom stereocenters. The third-order valence-corrected chi connectivity index (χ3v) is 5.02. The van der Waals surface area contributed by atoms with Crippen LogP contribution in [0.1, 0.15) is 47.0 Å². The van der Waals surface area contributed by atoms with Gasteiger partial charge in [0.25, 0.3) is 0 Å². The highest BCUT2D eigenvalue weighted by atomic mass is 16.6. The zero-order valence-corrected chi connectivity index (χ0v) is 17.2. The average Bonchev–Trinajstić information content (AvgIpc) is 3.02. The lowest BCUT2D eigenvalue weighted by Gasteiger charge is -2.33. The summed E-state index contributed by atoms with van der Waals surface area (Å²) >= 11 is 0. The van der Waals surface area contributed by atoms with Crippen LogP contribution in [0.15, 0.2) is 4.99 Å². The zero-order chi connectivity index (χ0) is 19.2. The van der Waals surface area contributed by atoms with E-state index in [4.69, 9.17) is 4.74 Å². The summed E-state index contributed by atoms with van der Waals surface area (Å²) in [6.45, 7) is 14.0. The maximum Gasteiger partial charge on any atom is 0.407 e. The second-order valence-electron chi connectivity index (χ2n) is 8.41. The van der Waals surface area contributed by atoms with Crippen LogP contribution in [-0.4, -0.2) is 79.8 Å². The summed E-state index contributed by atoms with van der Waals surface area (Å²) in [5.41, 5.74) is -0.466. The molecule has 7 nitrogen and oxygen atoms in total. The molecule has 1 unspecified atom stereocenters. The number of likely N-dealkylation sites (tertiary alicyclic amines) is 2. The van der Waals surface area contributed by atoms with Gasteiger partial charge in [-0.05, 0) is 59.0 Å². The molecule has 0 aliphatic carbocycles. The Kier molecular flexibility index (Phi) is 7.55. The Morgan fingerprint density at radius 2 is 2.00 bits per heavy atom. The van der Waals surface area contributed by atoms with Crippen LogP contribution in [0.25, 0.3) is 0 Å². The fraction of sp³-hybridized carbons (Fsp3) is 0.895. The van der Waals surface area contributed by atoms with Gasteiger partial charge in [-0.2, -0.15) is 0 Å². The Hall–Kier alpha value is -1.50. The molecule has 0 radical (unpaired) electrons. The van der Waals surface area contributed by atoms with Crippen LogP contribution in [0.3, 0.4) is 0 Å². The van der Waals surface area contributed by atoms with E-state index in [1.807, 2.05) is 27.8 Å². The smallest absolute Gasteiger partial charge is 0.407 e. The summed E-state index contributed by atoms with van der Waals surface area (Å²) in [5, 5.41) is 6.51. The molecule has 2 rings (SSSR count). The van der Waals surface area contributed by atoms with Gasteiger partial charge in [0.1, 0.15) is 5.60 Å². The van der Waals surface area contributed by atoms with Gasteiger partial charge in [-0.15, -0.1) is 0 Å². The number of carbonyl (C=O) groups excluding carboxylic acids is 1. The normalized spacial score (nSPS) is 25.3. The lowest BCUT2D eigenvalue weighted by Crippen LogP contribution is -2.47. The molecule has 150 valence electrons. The second kappa shape index (κ2) is 9.44. The summed E-state index contributed by atoms with van der Waals surface area (Å²) in [4.78, 5) is 21.1. The standard InChI is InChI=1S/C19H37N5O2/c1-6-23-10-7-8-15(13-23)12-21-17(20-5)24-11-9-16(14-24)22-18(25)26-19(2,3)4/h15-16H,6-14H2,1-5H3,(H,20,21)(H,22,25)/t15?,16-/m1/s1. The molecule has 7 heteroatoms. The molecular weight excluding hydrogens is 330 g/mol. The van der Waals surface area contributed by atoms with Crippen LogP contribution in [0, 0.1) is 5.92 Å². The number of alkyl carbamates (subject to hydrolysis) is 1. The highest BCUT2D eigenvalue weighted by Crippen LogP contribution is 2.16. The fourth-order valence-corrected chi connectivity index (χ4v) is 3.72. The van der Waals surface area contributed by atoms with Gasteiger partial charge in [0.2, 0.25) is 0 Å². The van der Waals surface area contributed by atoms with Gasteiger partial charge in [0, 0.05) is 33.2 Å². The predicted molar refractivity (Wildman–Crippen MR) is 106 cm³/mol. The van der Waals surface area contributed by atoms with Crippen molar-refractivity contribution in [3.63, 3.8) is 0 Å². The Morgan fingerprint density at radius 3 is 2.65 bits per heavy atom. The number of rotatable bonds is 4. The monoisotopic (exact) mass is 367 g/mol. The topological polar surface area (TPSA) is 69.2 Å². The number of guanidine groups is 1. The molecule has 2 aliphatic rings. The molecule has 2 aliphatic heterocycles. The van der Waals surface area contributed by atoms with Crippen LogP contribution < -0.4 is 10.6 Å². The summed E-state index contributed by atoms with van der Waals surface area (Å²) < 4.78 is 5.35. The van der Waals surface area contributed by atoms with Gasteiger partial charge in [-0.1, -0.05) is 6.92 Å². The lowest BCUT2D eigenvalue weighted by molar-refractivity contribution is 0.0507. The molecule has 1 amide bonds. The van der Waals surface area contributed by atoms with Crippen LogP contribution in [0.4, 0.5) is 4.79 Å². The fourth-order valence-electron chi connectivity index (χ4n) is 3.72. The van der Waals surface area contributed by atoms with Gasteiger partial charge in [-0.25, -0.2) is 4.79 Å². The van der Waals surface area contributed by atoms with Crippen molar-refractivity contribution in [2.24, 2.45) is 10.9 Å². The molecule has 2 N–H and O–H groups in total. The highest BCUT2D eigenvalue weighted by Gasteiger charge is 2.28. The van der Waals surface area contributed by atoms with Crippen molar-refractivity contribution >= 4 is 12.1 Å². The van der Waals surface area contributed by atoms with Crippen molar-refractivity contribution in [3.8, 4) is 0 Å². The Labute approximate surface area is 158 Å². The van der Waals surface area contributed by atoms with Crippen LogP contribution in [0.5, 0.6) is 0 Å². The van der Waals surface area contributed by atoms with Crippen molar-refractivity contribution in [3.05, 3.63) is 0 Å². The molecule has 2 saturated heterocycles. The zero-order valence-electron chi connectivity index (χ0n) is 17.2. The number of ether oxygens (including phenoxy) is 1. The van der Waals surface area contributed by atoms with E-state index in [0.717, 1.165) is 38.6 Å². The van der Waals surface area contributed by atoms with Gasteiger partial charge in [0.15, 0.2) is 5.96 Å². The van der Waals surface area contributed by atoms with Crippen molar-refractivity contribution in [1.82, 2.24) is 20.4 Å². The highest BCUT2D eigenvalue weighted by molar-refractivity contribution is 5.80. The predicted octanol–water partition coefficient (Wildman–Crippen LogP) is 1.89. The van der Waals surface area contributed by atoms with Crippen LogP contribution in [0.2, 0.25) is 0 Å². The number of aliphatic imine (C=N–C) groups is 1. The quantitative estimate of drug-likeness (QED) is 0.587. The first-order valence-electron chi connectivity index (χ1n) is 9.98. The van der Waals surface area contributed by atoms with E-state index in [1.165, 1.54) is 25.9 Å². The van der Waals surface area contributed by atoms with Gasteiger partial charge in [0.05, 0.1) is 6.04 Å². The van der Waals surface area contributed by atoms with E-state index >= 15 is 0 Å². The Bertz CT molecular complexity index is 489. The van der Waals surface area contributed by atoms with Gasteiger partial charge < -0.3 is 25.2 Å². The third-order valence-electron chi connectivity index (χ3n) is 5.02. The third kappa shape index (κ3) is 6.67. The Balaban J connectivity index is 1.76. The first-order valence-corrected chi connectivity index (χ1v) is 9.98. The van der Waals surface area contributed by atoms with E-state index in [0.29, 0.717) is 5.92 Å². The number of hydrogen-bond acceptors (Lipinski definition) is 4. The number of carbonyl (C=O) groups is 1. The van der Waals surface area contributed by atoms with E-state index < -0.39 is 5.60 Å². The molecule has 0 aromatic heterocycles. The first-order chi connectivity index (χ1) is 12.3. The molecular formula is C19H37N5O2. The molecule has 0 aromatic rings. The van der Waals surface area contributed by atoms with Crippen molar-refractivity contribution < 1.29 is 9.53 Å². The second-order valence-corrected chi connectivity index (χ2v) is 8.41. The SMILES string of the molecule is CCN1CCCC(CNC(=NC)N2CC[C@@H](NC(=O)OC(C)(C)C)C2)C1. The van der Waals surface area contributed by atoms with Crippen molar-refractivity contribution in [2.45, 2.75) is 58.6 Å². The number of hydrogen-bond donors (Lipinski definition) is 2. The maximum absolute atomic E-state index is 11.9. The van der Waals surface area contributed by atoms with Crippen LogP contribution >= 0.6 is 0 Å². The van der Waals surface area contributed by atoms with E-state index in [1.54, 1.807) is 0 Å². The molecule has 0 bridgehead atoms. The van der Waals surface area contributed by atoms with E-state index in [2.05, 4.69) is 32.3 Å². The minimum atomic E-state index is -0.466. The summed E-state index contributed by atoms with van der Waals surface area (Å²) in [7, 11) is 1.83. The minimum absolute atomic E-state index is 0.105. The average molecular weight is 368 g/mol. The van der Waals surface area contributed by atoms with Crippen molar-refractivity contribution in [1.29, 1.82) is 0 Å². The van der Waals surface area contributed by atoms with Crippen molar-refractivity contribution in [2.75, 3.05) is 46.3 Å². The van der Waals surface area contributed by atoms with E-state index in [-0.39, 0.29) is 12.1 Å².